The molecule has 2 N–H and O–H groups in total. The van der Waals surface area contributed by atoms with Crippen LogP contribution in [0.2, 0.25) is 0 Å². The summed E-state index contributed by atoms with van der Waals surface area (Å²) in [6, 6.07) is 6.53. The number of hydrogen-bond donors (Lipinski definition) is 2. The van der Waals surface area contributed by atoms with Crippen LogP contribution in [-0.2, 0) is 6.42 Å². The van der Waals surface area contributed by atoms with Crippen LogP contribution in [0.4, 0.5) is 9.18 Å². The molecule has 4 nitrogen and oxygen atoms in total. The lowest BCUT2D eigenvalue weighted by Gasteiger charge is -2.28. The number of halogens is 1. The highest BCUT2D eigenvalue weighted by atomic mass is 19.1. The fraction of sp³-hybridized carbons (Fsp3) is 0.588. The largest absolute Gasteiger partial charge is 0.395 e. The Morgan fingerprint density at radius 1 is 1.36 bits per heavy atom. The number of rotatable bonds is 7. The molecule has 1 aliphatic rings. The molecule has 1 aromatic carbocycles. The number of urea groups is 1. The molecule has 122 valence electrons. The maximum Gasteiger partial charge on any atom is 0.317 e. The number of carbonyl (C=O) groups excluding carboxylic acids is 1. The normalized spacial score (nSPS) is 15.7. The quantitative estimate of drug-likeness (QED) is 0.813. The van der Waals surface area contributed by atoms with E-state index < -0.39 is 0 Å². The van der Waals surface area contributed by atoms with Crippen LogP contribution in [0, 0.1) is 11.7 Å². The number of hydrogen-bond acceptors (Lipinski definition) is 2. The fourth-order valence-electron chi connectivity index (χ4n) is 2.51. The first-order chi connectivity index (χ1) is 10.5. The number of nitrogens with one attached hydrogen (secondary N) is 1. The molecule has 2 amide bonds. The van der Waals surface area contributed by atoms with Crippen LogP contribution in [0.15, 0.2) is 24.3 Å². The first-order valence-electron chi connectivity index (χ1n) is 7.93. The molecule has 2 rings (SSSR count). The average Bonchev–Trinajstić information content (AvgIpc) is 3.30. The van der Waals surface area contributed by atoms with Gasteiger partial charge in [0.15, 0.2) is 0 Å². The molecule has 0 aliphatic heterocycles. The lowest BCUT2D eigenvalue weighted by atomic mass is 9.96. The third kappa shape index (κ3) is 4.70. The van der Waals surface area contributed by atoms with Crippen LogP contribution in [0.3, 0.4) is 0 Å². The summed E-state index contributed by atoms with van der Waals surface area (Å²) in [4.78, 5) is 14.1. The van der Waals surface area contributed by atoms with Crippen LogP contribution in [0.5, 0.6) is 0 Å². The Labute approximate surface area is 131 Å². The van der Waals surface area contributed by atoms with Gasteiger partial charge in [-0.1, -0.05) is 26.0 Å². The minimum absolute atomic E-state index is 0.0158. The van der Waals surface area contributed by atoms with Gasteiger partial charge in [-0.05, 0) is 42.9 Å². The van der Waals surface area contributed by atoms with Gasteiger partial charge in [0.1, 0.15) is 5.82 Å². The number of amides is 2. The van der Waals surface area contributed by atoms with E-state index in [1.165, 1.54) is 12.1 Å². The SMILES string of the molecule is CC(C)C(Cc1ccc(F)cc1)NC(=O)N(CCO)C1CC1. The molecule has 1 aromatic rings. The Morgan fingerprint density at radius 3 is 2.50 bits per heavy atom. The second kappa shape index (κ2) is 7.58. The van der Waals surface area contributed by atoms with E-state index in [1.54, 1.807) is 17.0 Å². The molecule has 0 saturated heterocycles. The van der Waals surface area contributed by atoms with Crippen molar-refractivity contribution in [1.29, 1.82) is 0 Å². The fourth-order valence-corrected chi connectivity index (χ4v) is 2.51. The van der Waals surface area contributed by atoms with Crippen LogP contribution < -0.4 is 5.32 Å². The van der Waals surface area contributed by atoms with Gasteiger partial charge in [0.05, 0.1) is 6.61 Å². The zero-order valence-corrected chi connectivity index (χ0v) is 13.3. The number of carbonyl (C=O) groups is 1. The number of aliphatic hydroxyl groups is 1. The maximum atomic E-state index is 13.0. The third-order valence-electron chi connectivity index (χ3n) is 4.07. The second-order valence-corrected chi connectivity index (χ2v) is 6.28. The van der Waals surface area contributed by atoms with Gasteiger partial charge in [-0.3, -0.25) is 0 Å². The van der Waals surface area contributed by atoms with Crippen LogP contribution in [0.25, 0.3) is 0 Å². The molecule has 0 radical (unpaired) electrons. The highest BCUT2D eigenvalue weighted by molar-refractivity contribution is 5.75. The Hall–Kier alpha value is -1.62. The van der Waals surface area contributed by atoms with Gasteiger partial charge in [-0.15, -0.1) is 0 Å². The minimum atomic E-state index is -0.253. The van der Waals surface area contributed by atoms with Gasteiger partial charge in [-0.25, -0.2) is 9.18 Å². The van der Waals surface area contributed by atoms with Gasteiger partial charge < -0.3 is 15.3 Å². The highest BCUT2D eigenvalue weighted by Crippen LogP contribution is 2.26. The van der Waals surface area contributed by atoms with Crippen molar-refractivity contribution in [3.05, 3.63) is 35.6 Å². The van der Waals surface area contributed by atoms with E-state index in [0.717, 1.165) is 18.4 Å². The van der Waals surface area contributed by atoms with Crippen molar-refractivity contribution in [2.24, 2.45) is 5.92 Å². The summed E-state index contributed by atoms with van der Waals surface area (Å²) >= 11 is 0. The molecule has 5 heteroatoms. The van der Waals surface area contributed by atoms with Crippen molar-refractivity contribution in [1.82, 2.24) is 10.2 Å². The van der Waals surface area contributed by atoms with E-state index in [9.17, 15) is 9.18 Å². The van der Waals surface area contributed by atoms with Crippen molar-refractivity contribution in [2.75, 3.05) is 13.2 Å². The molecule has 22 heavy (non-hydrogen) atoms. The lowest BCUT2D eigenvalue weighted by Crippen LogP contribution is -2.49. The molecular formula is C17H25FN2O2. The van der Waals surface area contributed by atoms with Crippen molar-refractivity contribution in [3.8, 4) is 0 Å². The summed E-state index contributed by atoms with van der Waals surface area (Å²) in [5, 5.41) is 12.2. The topological polar surface area (TPSA) is 52.6 Å². The predicted molar refractivity (Wildman–Crippen MR) is 84.1 cm³/mol. The van der Waals surface area contributed by atoms with Gasteiger partial charge in [0, 0.05) is 18.6 Å². The maximum absolute atomic E-state index is 13.0. The van der Waals surface area contributed by atoms with E-state index in [4.69, 9.17) is 5.11 Å². The average molecular weight is 308 g/mol. The van der Waals surface area contributed by atoms with Crippen LogP contribution in [0.1, 0.15) is 32.3 Å². The van der Waals surface area contributed by atoms with Gasteiger partial charge in [-0.2, -0.15) is 0 Å². The second-order valence-electron chi connectivity index (χ2n) is 6.28. The number of aliphatic hydroxyl groups excluding tert-OH is 1. The van der Waals surface area contributed by atoms with Crippen molar-refractivity contribution >= 4 is 6.03 Å². The Balaban J connectivity index is 1.98. The van der Waals surface area contributed by atoms with E-state index in [-0.39, 0.29) is 36.5 Å². The standard InChI is InChI=1S/C17H25FN2O2/c1-12(2)16(11-13-3-5-14(18)6-4-13)19-17(22)20(9-10-21)15-7-8-15/h3-6,12,15-16,21H,7-11H2,1-2H3,(H,19,22). The van der Waals surface area contributed by atoms with Crippen LogP contribution in [-0.4, -0.2) is 41.3 Å². The molecule has 0 spiro atoms. The zero-order chi connectivity index (χ0) is 16.1. The summed E-state index contributed by atoms with van der Waals surface area (Å²) in [5.41, 5.74) is 1.00. The minimum Gasteiger partial charge on any atom is -0.395 e. The molecular weight excluding hydrogens is 283 g/mol. The molecule has 0 bridgehead atoms. The third-order valence-corrected chi connectivity index (χ3v) is 4.07. The van der Waals surface area contributed by atoms with Crippen LogP contribution >= 0.6 is 0 Å². The summed E-state index contributed by atoms with van der Waals surface area (Å²) in [7, 11) is 0. The van der Waals surface area contributed by atoms with Gasteiger partial charge >= 0.3 is 6.03 Å². The molecule has 1 unspecified atom stereocenters. The number of benzene rings is 1. The van der Waals surface area contributed by atoms with Crippen molar-refractivity contribution < 1.29 is 14.3 Å². The van der Waals surface area contributed by atoms with Gasteiger partial charge in [0.2, 0.25) is 0 Å². The monoisotopic (exact) mass is 308 g/mol. The van der Waals surface area contributed by atoms with Gasteiger partial charge in [0.25, 0.3) is 0 Å². The molecule has 0 aromatic heterocycles. The molecule has 1 aliphatic carbocycles. The Bertz CT molecular complexity index is 486. The Kier molecular flexibility index (Phi) is 5.77. The van der Waals surface area contributed by atoms with E-state index >= 15 is 0 Å². The molecule has 1 atom stereocenters. The molecule has 1 saturated carbocycles. The smallest absolute Gasteiger partial charge is 0.317 e. The van der Waals surface area contributed by atoms with Crippen molar-refractivity contribution in [2.45, 2.75) is 45.2 Å². The van der Waals surface area contributed by atoms with E-state index in [0.29, 0.717) is 13.0 Å². The predicted octanol–water partition coefficient (Wildman–Crippen LogP) is 2.56. The highest BCUT2D eigenvalue weighted by Gasteiger charge is 2.33. The van der Waals surface area contributed by atoms with Crippen molar-refractivity contribution in [3.63, 3.8) is 0 Å². The summed E-state index contributed by atoms with van der Waals surface area (Å²) < 4.78 is 13.0. The van der Waals surface area contributed by atoms with E-state index in [2.05, 4.69) is 19.2 Å². The summed E-state index contributed by atoms with van der Waals surface area (Å²) in [6.07, 6.45) is 2.69. The molecule has 1 fully saturated rings. The zero-order valence-electron chi connectivity index (χ0n) is 13.3. The first-order valence-corrected chi connectivity index (χ1v) is 7.93. The van der Waals surface area contributed by atoms with E-state index in [1.807, 2.05) is 0 Å². The Morgan fingerprint density at radius 2 is 2.00 bits per heavy atom. The lowest BCUT2D eigenvalue weighted by molar-refractivity contribution is 0.167. The summed E-state index contributed by atoms with van der Waals surface area (Å²) in [5.74, 6) is 0.0147. The summed E-state index contributed by atoms with van der Waals surface area (Å²) in [6.45, 7) is 4.47. The number of nitrogens with zero attached hydrogens (tertiary/aromatic N) is 1. The molecule has 0 heterocycles. The first kappa shape index (κ1) is 16.7.